The van der Waals surface area contributed by atoms with Crippen LogP contribution in [0.2, 0.25) is 0 Å². The molecule has 0 aromatic heterocycles. The van der Waals surface area contributed by atoms with Gasteiger partial charge in [-0.3, -0.25) is 0 Å². The van der Waals surface area contributed by atoms with Gasteiger partial charge in [-0.15, -0.1) is 0 Å². The fourth-order valence-corrected chi connectivity index (χ4v) is 2.69. The van der Waals surface area contributed by atoms with Gasteiger partial charge in [-0.2, -0.15) is 0 Å². The highest BCUT2D eigenvalue weighted by atomic mass is 16.6. The molecule has 0 aliphatic carbocycles. The fourth-order valence-electron chi connectivity index (χ4n) is 2.69. The monoisotopic (exact) mass is 440 g/mol. The lowest BCUT2D eigenvalue weighted by molar-refractivity contribution is -0.137. The molecule has 1 N–H and O–H groups in total. The SMILES string of the molecule is CCOC(=O)/C=C/[C@H](CC)N(NC(=O)OCc1ccccc1)C(=O)OCc1ccccc1. The molecule has 2 rings (SSSR count). The Morgan fingerprint density at radius 3 is 1.97 bits per heavy atom. The van der Waals surface area contributed by atoms with Crippen LogP contribution in [0.4, 0.5) is 9.59 Å². The van der Waals surface area contributed by atoms with Gasteiger partial charge in [-0.25, -0.2) is 24.8 Å². The zero-order valence-corrected chi connectivity index (χ0v) is 18.2. The molecule has 2 aromatic carbocycles. The number of hydrogen-bond acceptors (Lipinski definition) is 6. The third-order valence-corrected chi connectivity index (χ3v) is 4.32. The van der Waals surface area contributed by atoms with Gasteiger partial charge in [-0.05, 0) is 24.5 Å². The van der Waals surface area contributed by atoms with E-state index in [1.807, 2.05) is 60.7 Å². The molecular weight excluding hydrogens is 412 g/mol. The minimum absolute atomic E-state index is 0.0228. The van der Waals surface area contributed by atoms with Gasteiger partial charge in [0.15, 0.2) is 0 Å². The van der Waals surface area contributed by atoms with Crippen molar-refractivity contribution in [1.82, 2.24) is 10.4 Å². The Labute approximate surface area is 187 Å². The molecular formula is C24H28N2O6. The predicted molar refractivity (Wildman–Crippen MR) is 118 cm³/mol. The molecule has 0 saturated carbocycles. The normalized spacial score (nSPS) is 11.4. The van der Waals surface area contributed by atoms with E-state index in [9.17, 15) is 14.4 Å². The molecule has 0 fully saturated rings. The van der Waals surface area contributed by atoms with Crippen LogP contribution in [0.25, 0.3) is 0 Å². The van der Waals surface area contributed by atoms with Crippen molar-refractivity contribution in [3.05, 3.63) is 83.9 Å². The summed E-state index contributed by atoms with van der Waals surface area (Å²) in [6.07, 6.45) is 1.47. The van der Waals surface area contributed by atoms with Crippen molar-refractivity contribution in [2.24, 2.45) is 0 Å². The lowest BCUT2D eigenvalue weighted by Gasteiger charge is -2.28. The van der Waals surface area contributed by atoms with Gasteiger partial charge in [0.2, 0.25) is 0 Å². The van der Waals surface area contributed by atoms with Gasteiger partial charge in [0.05, 0.1) is 12.6 Å². The standard InChI is InChI=1S/C24H28N2O6/c1-3-21(15-16-22(27)30-4-2)26(24(29)32-18-20-13-9-6-10-14-20)25-23(28)31-17-19-11-7-5-8-12-19/h5-16,21H,3-4,17-18H2,1-2H3,(H,25,28)/b16-15+/t21-/m0/s1. The molecule has 0 bridgehead atoms. The molecule has 0 spiro atoms. The maximum Gasteiger partial charge on any atom is 0.429 e. The Hall–Kier alpha value is -3.81. The first-order chi connectivity index (χ1) is 15.5. The number of ether oxygens (including phenoxy) is 3. The number of nitrogens with zero attached hydrogens (tertiary/aromatic N) is 1. The van der Waals surface area contributed by atoms with Gasteiger partial charge in [0.25, 0.3) is 0 Å². The zero-order chi connectivity index (χ0) is 23.2. The second kappa shape index (κ2) is 13.5. The van der Waals surface area contributed by atoms with Crippen LogP contribution in [0.1, 0.15) is 31.4 Å². The summed E-state index contributed by atoms with van der Waals surface area (Å²) in [5.41, 5.74) is 4.02. The topological polar surface area (TPSA) is 94.2 Å². The molecule has 1 atom stereocenters. The molecule has 0 aliphatic rings. The number of benzene rings is 2. The van der Waals surface area contributed by atoms with Gasteiger partial charge < -0.3 is 14.2 Å². The van der Waals surface area contributed by atoms with Crippen molar-refractivity contribution < 1.29 is 28.6 Å². The Bertz CT molecular complexity index is 886. The van der Waals surface area contributed by atoms with Gasteiger partial charge in [-0.1, -0.05) is 73.7 Å². The summed E-state index contributed by atoms with van der Waals surface area (Å²) in [5.74, 6) is -0.546. The number of amides is 2. The van der Waals surface area contributed by atoms with Crippen molar-refractivity contribution in [2.75, 3.05) is 6.61 Å². The van der Waals surface area contributed by atoms with E-state index in [0.717, 1.165) is 16.1 Å². The summed E-state index contributed by atoms with van der Waals surface area (Å²) in [6.45, 7) is 3.78. The van der Waals surface area contributed by atoms with Crippen LogP contribution in [0.5, 0.6) is 0 Å². The predicted octanol–water partition coefficient (Wildman–Crippen LogP) is 4.36. The molecule has 0 heterocycles. The Kier molecular flexibility index (Phi) is 10.3. The van der Waals surface area contributed by atoms with Crippen LogP contribution < -0.4 is 5.43 Å². The largest absolute Gasteiger partial charge is 0.463 e. The van der Waals surface area contributed by atoms with E-state index in [2.05, 4.69) is 5.43 Å². The van der Waals surface area contributed by atoms with E-state index in [0.29, 0.717) is 6.42 Å². The quantitative estimate of drug-likeness (QED) is 0.269. The molecule has 0 unspecified atom stereocenters. The number of hydrazine groups is 1. The van der Waals surface area contributed by atoms with E-state index in [4.69, 9.17) is 14.2 Å². The number of nitrogens with one attached hydrogen (secondary N) is 1. The van der Waals surface area contributed by atoms with E-state index >= 15 is 0 Å². The van der Waals surface area contributed by atoms with Crippen LogP contribution >= 0.6 is 0 Å². The number of hydrogen-bond donors (Lipinski definition) is 1. The maximum absolute atomic E-state index is 12.8. The summed E-state index contributed by atoms with van der Waals surface area (Å²) in [4.78, 5) is 36.8. The summed E-state index contributed by atoms with van der Waals surface area (Å²) >= 11 is 0. The smallest absolute Gasteiger partial charge is 0.429 e. The van der Waals surface area contributed by atoms with Crippen LogP contribution in [0.3, 0.4) is 0 Å². The molecule has 0 radical (unpaired) electrons. The highest BCUT2D eigenvalue weighted by molar-refractivity contribution is 5.82. The molecule has 2 aromatic rings. The molecule has 32 heavy (non-hydrogen) atoms. The van der Waals surface area contributed by atoms with Crippen LogP contribution in [0.15, 0.2) is 72.8 Å². The number of carbonyl (C=O) groups is 3. The number of rotatable bonds is 9. The molecule has 0 saturated heterocycles. The first kappa shape index (κ1) is 24.5. The maximum atomic E-state index is 12.8. The van der Waals surface area contributed by atoms with E-state index in [1.165, 1.54) is 12.2 Å². The van der Waals surface area contributed by atoms with E-state index in [1.54, 1.807) is 13.8 Å². The minimum atomic E-state index is -0.825. The Morgan fingerprint density at radius 2 is 1.44 bits per heavy atom. The average Bonchev–Trinajstić information content (AvgIpc) is 2.82. The van der Waals surface area contributed by atoms with Crippen molar-refractivity contribution in [1.29, 1.82) is 0 Å². The summed E-state index contributed by atoms with van der Waals surface area (Å²) in [6, 6.07) is 17.6. The van der Waals surface area contributed by atoms with E-state index < -0.39 is 24.2 Å². The minimum Gasteiger partial charge on any atom is -0.463 e. The van der Waals surface area contributed by atoms with Crippen molar-refractivity contribution in [3.63, 3.8) is 0 Å². The molecule has 2 amide bonds. The summed E-state index contributed by atoms with van der Waals surface area (Å²) < 4.78 is 15.5. The lowest BCUT2D eigenvalue weighted by Crippen LogP contribution is -2.51. The molecule has 8 nitrogen and oxygen atoms in total. The number of esters is 1. The Morgan fingerprint density at radius 1 is 0.875 bits per heavy atom. The van der Waals surface area contributed by atoms with Crippen molar-refractivity contribution in [2.45, 2.75) is 39.5 Å². The third-order valence-electron chi connectivity index (χ3n) is 4.32. The van der Waals surface area contributed by atoms with Gasteiger partial charge >= 0.3 is 18.2 Å². The highest BCUT2D eigenvalue weighted by Crippen LogP contribution is 2.10. The summed E-state index contributed by atoms with van der Waals surface area (Å²) in [7, 11) is 0. The van der Waals surface area contributed by atoms with Gasteiger partial charge in [0, 0.05) is 6.08 Å². The molecule has 8 heteroatoms. The summed E-state index contributed by atoms with van der Waals surface area (Å²) in [5, 5.41) is 1.01. The first-order valence-electron chi connectivity index (χ1n) is 10.4. The lowest BCUT2D eigenvalue weighted by atomic mass is 10.2. The van der Waals surface area contributed by atoms with Crippen molar-refractivity contribution in [3.8, 4) is 0 Å². The van der Waals surface area contributed by atoms with E-state index in [-0.39, 0.29) is 19.8 Å². The average molecular weight is 440 g/mol. The Balaban J connectivity index is 2.07. The van der Waals surface area contributed by atoms with Crippen LogP contribution in [-0.2, 0) is 32.2 Å². The zero-order valence-electron chi connectivity index (χ0n) is 18.2. The van der Waals surface area contributed by atoms with Crippen molar-refractivity contribution >= 4 is 18.2 Å². The highest BCUT2D eigenvalue weighted by Gasteiger charge is 2.25. The fraction of sp³-hybridized carbons (Fsp3) is 0.292. The van der Waals surface area contributed by atoms with Crippen LogP contribution in [-0.4, -0.2) is 35.8 Å². The third kappa shape index (κ3) is 8.51. The number of carbonyl (C=O) groups excluding carboxylic acids is 3. The second-order valence-electron chi connectivity index (χ2n) is 6.67. The first-order valence-corrected chi connectivity index (χ1v) is 10.4. The van der Waals surface area contributed by atoms with Crippen LogP contribution in [0, 0.1) is 0 Å². The second-order valence-corrected chi connectivity index (χ2v) is 6.67. The van der Waals surface area contributed by atoms with Gasteiger partial charge in [0.1, 0.15) is 13.2 Å². The molecule has 170 valence electrons. The molecule has 0 aliphatic heterocycles.